The van der Waals surface area contributed by atoms with Crippen LogP contribution in [0.5, 0.6) is 11.5 Å². The van der Waals surface area contributed by atoms with Crippen LogP contribution in [0.4, 0.5) is 43.9 Å². The van der Waals surface area contributed by atoms with Crippen molar-refractivity contribution in [2.45, 2.75) is 43.5 Å². The van der Waals surface area contributed by atoms with Gasteiger partial charge in [-0.15, -0.1) is 0 Å². The maximum absolute atomic E-state index is 13.3. The fourth-order valence-corrected chi connectivity index (χ4v) is 3.75. The van der Waals surface area contributed by atoms with E-state index in [4.69, 9.17) is 0 Å². The quantitative estimate of drug-likeness (QED) is 0.289. The molecule has 1 heterocycles. The molecule has 4 nitrogen and oxygen atoms in total. The number of nitrogens with zero attached hydrogens (tertiary/aromatic N) is 1. The molecule has 0 saturated heterocycles. The number of halogens is 10. The highest BCUT2D eigenvalue weighted by molar-refractivity contribution is 5.47. The van der Waals surface area contributed by atoms with Crippen molar-refractivity contribution in [1.82, 2.24) is 4.98 Å². The van der Waals surface area contributed by atoms with Gasteiger partial charge in [0.15, 0.2) is 11.5 Å². The predicted molar refractivity (Wildman–Crippen MR) is 112 cm³/mol. The van der Waals surface area contributed by atoms with Gasteiger partial charge in [-0.1, -0.05) is 30.3 Å². The zero-order valence-electron chi connectivity index (χ0n) is 18.8. The Kier molecular flexibility index (Phi) is 8.44. The van der Waals surface area contributed by atoms with Gasteiger partial charge in [-0.05, 0) is 47.4 Å². The molecule has 0 fully saturated rings. The van der Waals surface area contributed by atoms with Crippen LogP contribution in [0.3, 0.4) is 0 Å². The number of rotatable bonds is 9. The highest BCUT2D eigenvalue weighted by atomic mass is 19.4. The molecule has 38 heavy (non-hydrogen) atoms. The Morgan fingerprint density at radius 2 is 1.18 bits per heavy atom. The number of aromatic nitrogens is 1. The number of hydrogen-bond acceptors (Lipinski definition) is 4. The van der Waals surface area contributed by atoms with Crippen LogP contribution in [-0.4, -0.2) is 35.7 Å². The van der Waals surface area contributed by atoms with E-state index < -0.39 is 54.2 Å². The van der Waals surface area contributed by atoms with E-state index in [1.807, 2.05) is 0 Å². The second-order valence-corrected chi connectivity index (χ2v) is 7.90. The van der Waals surface area contributed by atoms with Crippen molar-refractivity contribution >= 4 is 0 Å². The highest BCUT2D eigenvalue weighted by Crippen LogP contribution is 2.50. The Hall–Kier alpha value is -3.55. The van der Waals surface area contributed by atoms with Crippen molar-refractivity contribution in [3.63, 3.8) is 0 Å². The topological polar surface area (TPSA) is 51.6 Å². The number of benzene rings is 2. The molecule has 206 valence electrons. The first-order valence-corrected chi connectivity index (χ1v) is 10.5. The summed E-state index contributed by atoms with van der Waals surface area (Å²) in [4.78, 5) is 3.84. The van der Waals surface area contributed by atoms with Gasteiger partial charge in [-0.3, -0.25) is 4.98 Å². The first-order chi connectivity index (χ1) is 17.6. The molecule has 0 aliphatic heterocycles. The molecule has 0 aliphatic carbocycles. The minimum atomic E-state index is -6.09. The smallest absolute Gasteiger partial charge is 0.430 e. The number of hydrogen-bond donors (Lipinski definition) is 1. The average molecular weight is 557 g/mol. The van der Waals surface area contributed by atoms with Crippen LogP contribution in [0.2, 0.25) is 0 Å². The fraction of sp³-hybridized carbons (Fsp3) is 0.292. The van der Waals surface area contributed by atoms with Gasteiger partial charge < -0.3 is 14.6 Å². The summed E-state index contributed by atoms with van der Waals surface area (Å²) in [5.41, 5.74) is -5.81. The molecule has 1 N–H and O–H groups in total. The summed E-state index contributed by atoms with van der Waals surface area (Å²) in [6.07, 6.45) is -9.33. The van der Waals surface area contributed by atoms with E-state index in [0.29, 0.717) is 17.7 Å². The summed E-state index contributed by atoms with van der Waals surface area (Å²) in [6.45, 7) is -6.80. The van der Waals surface area contributed by atoms with Crippen LogP contribution in [0.1, 0.15) is 28.2 Å². The lowest BCUT2D eigenvalue weighted by molar-refractivity contribution is -0.376. The van der Waals surface area contributed by atoms with E-state index in [9.17, 15) is 49.0 Å². The summed E-state index contributed by atoms with van der Waals surface area (Å²) in [5.74, 6) is -2.39. The molecule has 1 atom stereocenters. The summed E-state index contributed by atoms with van der Waals surface area (Å²) in [7, 11) is 0. The van der Waals surface area contributed by atoms with Gasteiger partial charge in [0, 0.05) is 23.9 Å². The van der Waals surface area contributed by atoms with Crippen LogP contribution in [0.15, 0.2) is 67.0 Å². The molecule has 0 bridgehead atoms. The molecule has 0 saturated carbocycles. The molecular weight excluding hydrogens is 540 g/mol. The molecule has 0 spiro atoms. The third-order valence-corrected chi connectivity index (χ3v) is 5.54. The summed E-state index contributed by atoms with van der Waals surface area (Å²) in [5, 5.41) is 9.64. The lowest BCUT2D eigenvalue weighted by Crippen LogP contribution is -2.53. The standard InChI is InChI=1S/C24H17F10NO3/c25-20(26)37-18-6-3-15(12-19(18)38-21(27)28)17(11-13-7-9-35-10-8-13)14-1-4-16(5-2-14)22(36,23(29,30)31)24(32,33)34/h1-10,12,17,20-21,36H,11H2. The molecule has 3 aromatic rings. The Bertz CT molecular complexity index is 1180. The van der Waals surface area contributed by atoms with E-state index in [-0.39, 0.29) is 17.5 Å². The van der Waals surface area contributed by atoms with Gasteiger partial charge >= 0.3 is 25.6 Å². The zero-order valence-corrected chi connectivity index (χ0v) is 18.8. The first kappa shape index (κ1) is 29.0. The second-order valence-electron chi connectivity index (χ2n) is 7.90. The fourth-order valence-electron chi connectivity index (χ4n) is 3.75. The van der Waals surface area contributed by atoms with E-state index >= 15 is 0 Å². The van der Waals surface area contributed by atoms with Crippen LogP contribution < -0.4 is 9.47 Å². The van der Waals surface area contributed by atoms with Crippen molar-refractivity contribution in [3.05, 3.63) is 89.2 Å². The number of pyridine rings is 1. The highest BCUT2D eigenvalue weighted by Gasteiger charge is 2.71. The van der Waals surface area contributed by atoms with Crippen LogP contribution in [0.25, 0.3) is 0 Å². The van der Waals surface area contributed by atoms with Crippen molar-refractivity contribution in [2.24, 2.45) is 0 Å². The second kappa shape index (κ2) is 11.1. The van der Waals surface area contributed by atoms with Gasteiger partial charge in [-0.25, -0.2) is 0 Å². The van der Waals surface area contributed by atoms with Gasteiger partial charge in [0.25, 0.3) is 5.60 Å². The molecular formula is C24H17F10NO3. The lowest BCUT2D eigenvalue weighted by atomic mass is 9.84. The van der Waals surface area contributed by atoms with Gasteiger partial charge in [0.05, 0.1) is 0 Å². The predicted octanol–water partition coefficient (Wildman–Crippen LogP) is 6.97. The largest absolute Gasteiger partial charge is 0.431 e. The monoisotopic (exact) mass is 557 g/mol. The van der Waals surface area contributed by atoms with Gasteiger partial charge in [0.2, 0.25) is 0 Å². The first-order valence-electron chi connectivity index (χ1n) is 10.5. The maximum atomic E-state index is 13.3. The normalized spacial score (nSPS) is 13.6. The zero-order chi connectivity index (χ0) is 28.3. The van der Waals surface area contributed by atoms with Gasteiger partial charge in [0.1, 0.15) is 0 Å². The maximum Gasteiger partial charge on any atom is 0.430 e. The van der Waals surface area contributed by atoms with E-state index in [0.717, 1.165) is 24.3 Å². The SMILES string of the molecule is OC(c1ccc(C(Cc2ccncc2)c2ccc(OC(F)F)c(OC(F)F)c2)cc1)(C(F)(F)F)C(F)(F)F. The van der Waals surface area contributed by atoms with Crippen molar-refractivity contribution in [2.75, 3.05) is 0 Å². The number of ether oxygens (including phenoxy) is 2. The Labute approximate surface area is 208 Å². The minimum absolute atomic E-state index is 0.0356. The third kappa shape index (κ3) is 6.29. The molecule has 2 aromatic carbocycles. The summed E-state index contributed by atoms with van der Waals surface area (Å²) < 4.78 is 139. The van der Waals surface area contributed by atoms with E-state index in [1.54, 1.807) is 12.1 Å². The lowest BCUT2D eigenvalue weighted by Gasteiger charge is -2.33. The van der Waals surface area contributed by atoms with E-state index in [2.05, 4.69) is 14.5 Å². The van der Waals surface area contributed by atoms with Crippen LogP contribution >= 0.6 is 0 Å². The summed E-state index contributed by atoms with van der Waals surface area (Å²) in [6, 6.07) is 8.88. The Balaban J connectivity index is 2.11. The molecule has 1 unspecified atom stereocenters. The number of aliphatic hydroxyl groups is 1. The van der Waals surface area contributed by atoms with Crippen LogP contribution in [0, 0.1) is 0 Å². The molecule has 1 aromatic heterocycles. The van der Waals surface area contributed by atoms with Crippen LogP contribution in [-0.2, 0) is 12.0 Å². The molecule has 0 radical (unpaired) electrons. The van der Waals surface area contributed by atoms with Gasteiger partial charge in [-0.2, -0.15) is 43.9 Å². The average Bonchev–Trinajstić information content (AvgIpc) is 2.82. The molecule has 14 heteroatoms. The van der Waals surface area contributed by atoms with E-state index in [1.165, 1.54) is 18.5 Å². The van der Waals surface area contributed by atoms with Crippen molar-refractivity contribution < 1.29 is 58.5 Å². The minimum Gasteiger partial charge on any atom is -0.431 e. The molecule has 0 aliphatic rings. The number of alkyl halides is 10. The Morgan fingerprint density at radius 3 is 1.68 bits per heavy atom. The summed E-state index contributed by atoms with van der Waals surface area (Å²) >= 11 is 0. The van der Waals surface area contributed by atoms with Crippen molar-refractivity contribution in [1.29, 1.82) is 0 Å². The Morgan fingerprint density at radius 1 is 0.684 bits per heavy atom. The molecule has 3 rings (SSSR count). The van der Waals surface area contributed by atoms with Crippen molar-refractivity contribution in [3.8, 4) is 11.5 Å². The molecule has 0 amide bonds. The third-order valence-electron chi connectivity index (χ3n) is 5.54.